The molecular formula is C11H16N6OS2. The van der Waals surface area contributed by atoms with Gasteiger partial charge < -0.3 is 4.57 Å². The Balaban J connectivity index is 1.88. The molecule has 1 N–H and O–H groups in total. The number of carbonyl (C=O) groups is 1. The molecule has 2 aromatic heterocycles. The van der Waals surface area contributed by atoms with E-state index in [0.29, 0.717) is 5.13 Å². The van der Waals surface area contributed by atoms with Crippen molar-refractivity contribution in [1.82, 2.24) is 25.0 Å². The predicted octanol–water partition coefficient (Wildman–Crippen LogP) is 1.75. The van der Waals surface area contributed by atoms with E-state index >= 15 is 0 Å². The fraction of sp³-hybridized carbons (Fsp3) is 0.545. The summed E-state index contributed by atoms with van der Waals surface area (Å²) in [6, 6.07) is 0. The molecule has 0 fully saturated rings. The smallest absolute Gasteiger partial charge is 0.236 e. The van der Waals surface area contributed by atoms with Gasteiger partial charge in [0.1, 0.15) is 10.8 Å². The van der Waals surface area contributed by atoms with E-state index in [4.69, 9.17) is 0 Å². The normalized spacial score (nSPS) is 10.8. The maximum Gasteiger partial charge on any atom is 0.236 e. The summed E-state index contributed by atoms with van der Waals surface area (Å²) >= 11 is 2.76. The van der Waals surface area contributed by atoms with Crippen LogP contribution >= 0.6 is 23.1 Å². The number of thioether (sulfide) groups is 1. The van der Waals surface area contributed by atoms with Crippen molar-refractivity contribution in [2.24, 2.45) is 0 Å². The number of rotatable bonds is 6. The molecule has 0 spiro atoms. The Kier molecular flexibility index (Phi) is 5.07. The molecule has 7 nitrogen and oxygen atoms in total. The number of carbonyl (C=O) groups excluding carboxylic acids is 1. The van der Waals surface area contributed by atoms with Crippen molar-refractivity contribution in [3.8, 4) is 0 Å². The molecule has 0 unspecified atom stereocenters. The molecule has 0 atom stereocenters. The Morgan fingerprint density at radius 1 is 1.30 bits per heavy atom. The maximum atomic E-state index is 11.8. The molecule has 9 heteroatoms. The van der Waals surface area contributed by atoms with Crippen LogP contribution in [0.5, 0.6) is 0 Å². The molecule has 2 aromatic rings. The lowest BCUT2D eigenvalue weighted by atomic mass is 10.5. The van der Waals surface area contributed by atoms with Gasteiger partial charge in [0, 0.05) is 6.54 Å². The highest BCUT2D eigenvalue weighted by Crippen LogP contribution is 2.19. The summed E-state index contributed by atoms with van der Waals surface area (Å²) < 4.78 is 1.97. The number of aromatic nitrogens is 5. The van der Waals surface area contributed by atoms with Gasteiger partial charge in [-0.25, -0.2) is 0 Å². The van der Waals surface area contributed by atoms with Gasteiger partial charge in [-0.1, -0.05) is 30.0 Å². The van der Waals surface area contributed by atoms with Crippen LogP contribution in [0, 0.1) is 6.92 Å². The van der Waals surface area contributed by atoms with Gasteiger partial charge in [0.25, 0.3) is 0 Å². The fourth-order valence-corrected chi connectivity index (χ4v) is 3.11. The van der Waals surface area contributed by atoms with Gasteiger partial charge in [-0.3, -0.25) is 10.1 Å². The molecular weight excluding hydrogens is 296 g/mol. The summed E-state index contributed by atoms with van der Waals surface area (Å²) in [5.41, 5.74) is 0. The predicted molar refractivity (Wildman–Crippen MR) is 79.1 cm³/mol. The first-order chi connectivity index (χ1) is 9.63. The van der Waals surface area contributed by atoms with Crippen molar-refractivity contribution in [3.63, 3.8) is 0 Å². The highest BCUT2D eigenvalue weighted by Gasteiger charge is 2.12. The Morgan fingerprint density at radius 3 is 2.75 bits per heavy atom. The van der Waals surface area contributed by atoms with Crippen molar-refractivity contribution in [2.45, 2.75) is 38.9 Å². The van der Waals surface area contributed by atoms with Crippen LogP contribution in [0.15, 0.2) is 5.16 Å². The third-order valence-electron chi connectivity index (χ3n) is 2.57. The summed E-state index contributed by atoms with van der Waals surface area (Å²) in [4.78, 5) is 11.8. The Labute approximate surface area is 125 Å². The van der Waals surface area contributed by atoms with E-state index in [1.807, 2.05) is 25.3 Å². The maximum absolute atomic E-state index is 11.8. The van der Waals surface area contributed by atoms with Crippen molar-refractivity contribution < 1.29 is 4.79 Å². The van der Waals surface area contributed by atoms with Crippen LogP contribution in [0.2, 0.25) is 0 Å². The molecule has 1 amide bonds. The van der Waals surface area contributed by atoms with Crippen molar-refractivity contribution in [2.75, 3.05) is 11.1 Å². The van der Waals surface area contributed by atoms with Gasteiger partial charge in [-0.2, -0.15) is 0 Å². The number of amides is 1. The Bertz CT molecular complexity index is 594. The summed E-state index contributed by atoms with van der Waals surface area (Å²) in [7, 11) is 0. The van der Waals surface area contributed by atoms with E-state index < -0.39 is 0 Å². The van der Waals surface area contributed by atoms with E-state index in [0.717, 1.165) is 29.0 Å². The molecule has 0 aliphatic heterocycles. The minimum absolute atomic E-state index is 0.114. The van der Waals surface area contributed by atoms with Gasteiger partial charge in [-0.15, -0.1) is 20.4 Å². The van der Waals surface area contributed by atoms with Gasteiger partial charge in [0.2, 0.25) is 11.0 Å². The number of anilines is 1. The number of nitrogens with zero attached hydrogens (tertiary/aromatic N) is 5. The Morgan fingerprint density at radius 2 is 2.10 bits per heavy atom. The van der Waals surface area contributed by atoms with Crippen LogP contribution in [0.25, 0.3) is 0 Å². The SMILES string of the molecule is CCc1nnc(NC(=O)CSc2nnc(C)n2CC)s1. The fourth-order valence-electron chi connectivity index (χ4n) is 1.56. The largest absolute Gasteiger partial charge is 0.307 e. The first kappa shape index (κ1) is 14.9. The summed E-state index contributed by atoms with van der Waals surface area (Å²) in [5.74, 6) is 1.02. The van der Waals surface area contributed by atoms with Gasteiger partial charge in [0.05, 0.1) is 5.75 Å². The van der Waals surface area contributed by atoms with Crippen LogP contribution in [0.3, 0.4) is 0 Å². The molecule has 2 rings (SSSR count). The number of nitrogens with one attached hydrogen (secondary N) is 1. The third kappa shape index (κ3) is 3.54. The van der Waals surface area contributed by atoms with Gasteiger partial charge in [-0.05, 0) is 20.3 Å². The van der Waals surface area contributed by atoms with Gasteiger partial charge >= 0.3 is 0 Å². The minimum atomic E-state index is -0.114. The average molecular weight is 312 g/mol. The first-order valence-corrected chi connectivity index (χ1v) is 8.09. The second-order valence-corrected chi connectivity index (χ2v) is 5.97. The monoisotopic (exact) mass is 312 g/mol. The van der Waals surface area contributed by atoms with E-state index in [9.17, 15) is 4.79 Å². The quantitative estimate of drug-likeness (QED) is 0.818. The second-order valence-electron chi connectivity index (χ2n) is 3.97. The summed E-state index contributed by atoms with van der Waals surface area (Å²) in [6.45, 7) is 6.71. The van der Waals surface area contributed by atoms with Crippen LogP contribution in [-0.2, 0) is 17.8 Å². The molecule has 0 saturated carbocycles. The van der Waals surface area contributed by atoms with E-state index in [-0.39, 0.29) is 11.7 Å². The van der Waals surface area contributed by atoms with Crippen molar-refractivity contribution in [1.29, 1.82) is 0 Å². The highest BCUT2D eigenvalue weighted by atomic mass is 32.2. The molecule has 0 radical (unpaired) electrons. The van der Waals surface area contributed by atoms with E-state index in [1.165, 1.54) is 23.1 Å². The average Bonchev–Trinajstić information content (AvgIpc) is 3.02. The molecule has 0 saturated heterocycles. The lowest BCUT2D eigenvalue weighted by molar-refractivity contribution is -0.113. The zero-order valence-corrected chi connectivity index (χ0v) is 13.2. The van der Waals surface area contributed by atoms with Crippen LogP contribution in [-0.4, -0.2) is 36.6 Å². The zero-order valence-electron chi connectivity index (χ0n) is 11.6. The second kappa shape index (κ2) is 6.80. The minimum Gasteiger partial charge on any atom is -0.307 e. The van der Waals surface area contributed by atoms with Gasteiger partial charge in [0.15, 0.2) is 5.16 Å². The molecule has 108 valence electrons. The molecule has 0 bridgehead atoms. The molecule has 0 aliphatic carbocycles. The third-order valence-corrected chi connectivity index (χ3v) is 4.52. The number of hydrogen-bond acceptors (Lipinski definition) is 7. The topological polar surface area (TPSA) is 85.6 Å². The van der Waals surface area contributed by atoms with Crippen molar-refractivity contribution >= 4 is 34.1 Å². The Hall–Kier alpha value is -1.48. The van der Waals surface area contributed by atoms with E-state index in [2.05, 4.69) is 25.7 Å². The molecule has 0 aliphatic rings. The first-order valence-electron chi connectivity index (χ1n) is 6.28. The lowest BCUT2D eigenvalue weighted by Crippen LogP contribution is -2.14. The van der Waals surface area contributed by atoms with E-state index in [1.54, 1.807) is 0 Å². The standard InChI is InChI=1S/C11H16N6OS2/c1-4-9-14-15-10(20-9)12-8(18)6-19-11-16-13-7(3)17(11)5-2/h4-6H2,1-3H3,(H,12,15,18). The van der Waals surface area contributed by atoms with Crippen molar-refractivity contribution in [3.05, 3.63) is 10.8 Å². The molecule has 20 heavy (non-hydrogen) atoms. The lowest BCUT2D eigenvalue weighted by Gasteiger charge is -2.04. The number of hydrogen-bond donors (Lipinski definition) is 1. The zero-order chi connectivity index (χ0) is 14.5. The molecule has 0 aromatic carbocycles. The number of aryl methyl sites for hydroxylation is 2. The highest BCUT2D eigenvalue weighted by molar-refractivity contribution is 7.99. The summed E-state index contributed by atoms with van der Waals surface area (Å²) in [5, 5.41) is 20.9. The van der Waals surface area contributed by atoms with Crippen LogP contribution < -0.4 is 5.32 Å². The van der Waals surface area contributed by atoms with Crippen LogP contribution in [0.4, 0.5) is 5.13 Å². The van der Waals surface area contributed by atoms with Crippen LogP contribution in [0.1, 0.15) is 24.7 Å². The molecule has 2 heterocycles. The summed E-state index contributed by atoms with van der Waals surface area (Å²) in [6.07, 6.45) is 0.821.